The Labute approximate surface area is 117 Å². The minimum absolute atomic E-state index is 0.0159. The van der Waals surface area contributed by atoms with E-state index in [0.29, 0.717) is 8.66 Å². The third-order valence-corrected chi connectivity index (χ3v) is 4.17. The molecule has 0 saturated carbocycles. The molecule has 0 unspecified atom stereocenters. The number of carboxylic acid groups (broad SMARTS) is 1. The van der Waals surface area contributed by atoms with E-state index < -0.39 is 23.7 Å². The van der Waals surface area contributed by atoms with E-state index in [-0.39, 0.29) is 12.0 Å². The quantitative estimate of drug-likeness (QED) is 0.835. The number of hydrogen-bond donors (Lipinski definition) is 1. The normalized spacial score (nSPS) is 12.8. The molecule has 0 fully saturated rings. The first kappa shape index (κ1) is 15.6. The van der Waals surface area contributed by atoms with Gasteiger partial charge in [-0.1, -0.05) is 13.8 Å². The molecule has 0 aliphatic carbocycles. The van der Waals surface area contributed by atoms with Crippen LogP contribution in [0.15, 0.2) is 9.85 Å². The minimum Gasteiger partial charge on any atom is -0.481 e. The summed E-state index contributed by atoms with van der Waals surface area (Å²) < 4.78 is 29.0. The Kier molecular flexibility index (Phi) is 4.54. The molecule has 18 heavy (non-hydrogen) atoms. The van der Waals surface area contributed by atoms with E-state index >= 15 is 0 Å². The lowest BCUT2D eigenvalue weighted by Gasteiger charge is -2.28. The summed E-state index contributed by atoms with van der Waals surface area (Å²) >= 11 is 4.44. The number of aryl methyl sites for hydroxylation is 1. The first-order valence-electron chi connectivity index (χ1n) is 5.39. The third-order valence-electron chi connectivity index (χ3n) is 2.61. The Balaban J connectivity index is 2.94. The van der Waals surface area contributed by atoms with E-state index in [1.54, 1.807) is 20.8 Å². The number of aliphatic carboxylic acids is 1. The smallest absolute Gasteiger partial charge is 0.303 e. The Morgan fingerprint density at radius 3 is 2.44 bits per heavy atom. The summed E-state index contributed by atoms with van der Waals surface area (Å²) in [5, 5.41) is 8.72. The zero-order valence-electron chi connectivity index (χ0n) is 10.4. The van der Waals surface area contributed by atoms with Crippen molar-refractivity contribution in [1.29, 1.82) is 0 Å². The van der Waals surface area contributed by atoms with Gasteiger partial charge in [0, 0.05) is 16.9 Å². The summed E-state index contributed by atoms with van der Waals surface area (Å²) in [4.78, 5) is 11.2. The number of hydrogen-bond acceptors (Lipinski definition) is 2. The van der Waals surface area contributed by atoms with Gasteiger partial charge in [0.1, 0.15) is 0 Å². The van der Waals surface area contributed by atoms with Gasteiger partial charge in [0.15, 0.2) is 0 Å². The van der Waals surface area contributed by atoms with Gasteiger partial charge in [-0.2, -0.15) is 0 Å². The molecule has 1 rings (SSSR count). The molecule has 0 amide bonds. The number of alkyl halides is 2. The SMILES string of the molecule is Cc1sc(Br)cc1C(F)(F)CC(C)(C)CC(=O)O. The van der Waals surface area contributed by atoms with Crippen LogP contribution in [0.1, 0.15) is 37.1 Å². The highest BCUT2D eigenvalue weighted by Gasteiger charge is 2.41. The fraction of sp³-hybridized carbons (Fsp3) is 0.583. The van der Waals surface area contributed by atoms with Crippen molar-refractivity contribution in [2.45, 2.75) is 39.5 Å². The molecule has 6 heteroatoms. The maximum absolute atomic E-state index is 14.2. The van der Waals surface area contributed by atoms with Crippen LogP contribution in [0.4, 0.5) is 8.78 Å². The molecule has 1 heterocycles. The molecule has 1 aromatic heterocycles. The number of carboxylic acids is 1. The third kappa shape index (κ3) is 4.02. The lowest BCUT2D eigenvalue weighted by molar-refractivity contribution is -0.140. The van der Waals surface area contributed by atoms with Gasteiger partial charge in [0.2, 0.25) is 0 Å². The van der Waals surface area contributed by atoms with Crippen LogP contribution in [0.25, 0.3) is 0 Å². The molecule has 0 atom stereocenters. The van der Waals surface area contributed by atoms with Crippen molar-refractivity contribution in [1.82, 2.24) is 0 Å². The summed E-state index contributed by atoms with van der Waals surface area (Å²) in [6.07, 6.45) is -0.747. The highest BCUT2D eigenvalue weighted by molar-refractivity contribution is 9.11. The minimum atomic E-state index is -3.01. The summed E-state index contributed by atoms with van der Waals surface area (Å²) in [6, 6.07) is 1.41. The second-order valence-corrected chi connectivity index (χ2v) is 7.77. The van der Waals surface area contributed by atoms with Gasteiger partial charge in [0.05, 0.1) is 10.2 Å². The van der Waals surface area contributed by atoms with Crippen molar-refractivity contribution in [3.8, 4) is 0 Å². The zero-order valence-corrected chi connectivity index (χ0v) is 12.8. The average Bonchev–Trinajstić information content (AvgIpc) is 2.40. The molecule has 102 valence electrons. The van der Waals surface area contributed by atoms with E-state index in [4.69, 9.17) is 5.11 Å². The van der Waals surface area contributed by atoms with Crippen LogP contribution in [-0.2, 0) is 10.7 Å². The molecular formula is C12H15BrF2O2S. The van der Waals surface area contributed by atoms with Gasteiger partial charge in [-0.05, 0) is 34.3 Å². The average molecular weight is 341 g/mol. The van der Waals surface area contributed by atoms with Crippen LogP contribution in [0.3, 0.4) is 0 Å². The topological polar surface area (TPSA) is 37.3 Å². The van der Waals surface area contributed by atoms with Gasteiger partial charge in [-0.15, -0.1) is 11.3 Å². The van der Waals surface area contributed by atoms with E-state index in [1.807, 2.05) is 0 Å². The predicted octanol–water partition coefficient (Wildman–Crippen LogP) is 4.80. The Morgan fingerprint density at radius 1 is 1.50 bits per heavy atom. The molecule has 1 N–H and O–H groups in total. The Morgan fingerprint density at radius 2 is 2.06 bits per heavy atom. The fourth-order valence-corrected chi connectivity index (χ4v) is 3.72. The molecular weight excluding hydrogens is 326 g/mol. The van der Waals surface area contributed by atoms with Crippen molar-refractivity contribution in [3.63, 3.8) is 0 Å². The van der Waals surface area contributed by atoms with Gasteiger partial charge in [-0.3, -0.25) is 4.79 Å². The monoisotopic (exact) mass is 340 g/mol. The molecule has 0 aliphatic heterocycles. The first-order valence-corrected chi connectivity index (χ1v) is 7.00. The van der Waals surface area contributed by atoms with Crippen molar-refractivity contribution in [3.05, 3.63) is 20.3 Å². The first-order chi connectivity index (χ1) is 8.03. The zero-order chi connectivity index (χ0) is 14.1. The molecule has 0 bridgehead atoms. The maximum Gasteiger partial charge on any atom is 0.303 e. The molecule has 0 saturated heterocycles. The van der Waals surface area contributed by atoms with E-state index in [9.17, 15) is 13.6 Å². The molecule has 0 spiro atoms. The van der Waals surface area contributed by atoms with Crippen molar-refractivity contribution in [2.24, 2.45) is 5.41 Å². The van der Waals surface area contributed by atoms with Crippen LogP contribution >= 0.6 is 27.3 Å². The lowest BCUT2D eigenvalue weighted by Crippen LogP contribution is -2.26. The summed E-state index contributed by atoms with van der Waals surface area (Å²) in [5.41, 5.74) is -0.964. The predicted molar refractivity (Wildman–Crippen MR) is 71.3 cm³/mol. The van der Waals surface area contributed by atoms with Crippen molar-refractivity contribution in [2.75, 3.05) is 0 Å². The molecule has 0 radical (unpaired) electrons. The van der Waals surface area contributed by atoms with Crippen molar-refractivity contribution >= 4 is 33.2 Å². The van der Waals surface area contributed by atoms with Crippen LogP contribution in [0, 0.1) is 12.3 Å². The molecule has 1 aromatic rings. The van der Waals surface area contributed by atoms with E-state index in [0.717, 1.165) is 0 Å². The fourth-order valence-electron chi connectivity index (χ4n) is 1.98. The van der Waals surface area contributed by atoms with Crippen LogP contribution < -0.4 is 0 Å². The second-order valence-electron chi connectivity index (χ2n) is 5.14. The molecule has 2 nitrogen and oxygen atoms in total. The highest BCUT2D eigenvalue weighted by Crippen LogP contribution is 2.45. The van der Waals surface area contributed by atoms with Gasteiger partial charge < -0.3 is 5.11 Å². The Bertz CT molecular complexity index is 455. The number of halogens is 3. The summed E-state index contributed by atoms with van der Waals surface area (Å²) in [6.45, 7) is 4.74. The standard InChI is InChI=1S/C12H15BrF2O2S/c1-7-8(4-9(13)18-7)12(14,15)6-11(2,3)5-10(16)17/h4H,5-6H2,1-3H3,(H,16,17). The maximum atomic E-state index is 14.2. The second kappa shape index (κ2) is 5.25. The summed E-state index contributed by atoms with van der Waals surface area (Å²) in [5.74, 6) is -4.06. The van der Waals surface area contributed by atoms with Gasteiger partial charge in [0.25, 0.3) is 5.92 Å². The van der Waals surface area contributed by atoms with E-state index in [1.165, 1.54) is 17.4 Å². The molecule has 0 aromatic carbocycles. The van der Waals surface area contributed by atoms with Crippen LogP contribution in [0.2, 0.25) is 0 Å². The Hall–Kier alpha value is -0.490. The number of thiophene rings is 1. The van der Waals surface area contributed by atoms with E-state index in [2.05, 4.69) is 15.9 Å². The lowest BCUT2D eigenvalue weighted by atomic mass is 9.81. The van der Waals surface area contributed by atoms with Crippen molar-refractivity contribution < 1.29 is 18.7 Å². The van der Waals surface area contributed by atoms with Gasteiger partial charge >= 0.3 is 5.97 Å². The van der Waals surface area contributed by atoms with Crippen LogP contribution in [-0.4, -0.2) is 11.1 Å². The largest absolute Gasteiger partial charge is 0.481 e. The van der Waals surface area contributed by atoms with Gasteiger partial charge in [-0.25, -0.2) is 8.78 Å². The van der Waals surface area contributed by atoms with Crippen LogP contribution in [0.5, 0.6) is 0 Å². The highest BCUT2D eigenvalue weighted by atomic mass is 79.9. The number of rotatable bonds is 5. The molecule has 0 aliphatic rings. The summed E-state index contributed by atoms with van der Waals surface area (Å²) in [7, 11) is 0. The number of carbonyl (C=O) groups is 1.